The quantitative estimate of drug-likeness (QED) is 0.810. The first-order valence-corrected chi connectivity index (χ1v) is 7.07. The summed E-state index contributed by atoms with van der Waals surface area (Å²) >= 11 is 2.31. The number of hydrogen-bond acceptors (Lipinski definition) is 2. The van der Waals surface area contributed by atoms with Gasteiger partial charge in [0.1, 0.15) is 5.75 Å². The normalized spacial score (nSPS) is 10.1. The maximum atomic E-state index is 5.49. The van der Waals surface area contributed by atoms with Crippen molar-refractivity contribution in [2.75, 3.05) is 11.9 Å². The molecule has 0 atom stereocenters. The predicted octanol–water partition coefficient (Wildman–Crippen LogP) is 4.30. The fourth-order valence-corrected chi connectivity index (χ4v) is 2.04. The molecule has 2 aromatic rings. The molecule has 0 amide bonds. The van der Waals surface area contributed by atoms with Gasteiger partial charge in [-0.2, -0.15) is 0 Å². The molecule has 94 valence electrons. The first kappa shape index (κ1) is 13.2. The average Bonchev–Trinajstić information content (AvgIpc) is 2.39. The van der Waals surface area contributed by atoms with Crippen molar-refractivity contribution >= 4 is 28.3 Å². The van der Waals surface area contributed by atoms with Crippen LogP contribution in [0.3, 0.4) is 0 Å². The van der Waals surface area contributed by atoms with Gasteiger partial charge in [-0.15, -0.1) is 0 Å². The van der Waals surface area contributed by atoms with E-state index < -0.39 is 0 Å². The second-order valence-corrected chi connectivity index (χ2v) is 5.19. The molecule has 0 heterocycles. The molecule has 0 unspecified atom stereocenters. The molecular weight excluding hydrogens is 337 g/mol. The molecule has 1 N–H and O–H groups in total. The van der Waals surface area contributed by atoms with Crippen LogP contribution in [0.25, 0.3) is 0 Å². The van der Waals surface area contributed by atoms with Crippen LogP contribution in [0.1, 0.15) is 12.5 Å². The zero-order valence-corrected chi connectivity index (χ0v) is 12.5. The van der Waals surface area contributed by atoms with Gasteiger partial charge in [-0.05, 0) is 71.5 Å². The Bertz CT molecular complexity index is 496. The smallest absolute Gasteiger partial charge is 0.119 e. The molecule has 0 bridgehead atoms. The summed E-state index contributed by atoms with van der Waals surface area (Å²) in [6.45, 7) is 3.51. The van der Waals surface area contributed by atoms with E-state index >= 15 is 0 Å². The van der Waals surface area contributed by atoms with Crippen LogP contribution >= 0.6 is 22.6 Å². The van der Waals surface area contributed by atoms with E-state index in [-0.39, 0.29) is 0 Å². The molecule has 0 fully saturated rings. The summed E-state index contributed by atoms with van der Waals surface area (Å²) in [7, 11) is 0. The Balaban J connectivity index is 1.97. The molecule has 2 nitrogen and oxygen atoms in total. The number of anilines is 1. The van der Waals surface area contributed by atoms with Crippen molar-refractivity contribution in [2.45, 2.75) is 13.5 Å². The van der Waals surface area contributed by atoms with Gasteiger partial charge in [0.15, 0.2) is 0 Å². The Morgan fingerprint density at radius 2 is 1.89 bits per heavy atom. The summed E-state index contributed by atoms with van der Waals surface area (Å²) in [6.07, 6.45) is 0. The second-order valence-electron chi connectivity index (χ2n) is 3.94. The van der Waals surface area contributed by atoms with Gasteiger partial charge in [0.2, 0.25) is 0 Å². The molecular formula is C15H16INO. The van der Waals surface area contributed by atoms with Crippen LogP contribution in [0.5, 0.6) is 5.75 Å². The molecule has 0 saturated heterocycles. The highest BCUT2D eigenvalue weighted by atomic mass is 127. The lowest BCUT2D eigenvalue weighted by molar-refractivity contribution is 0.340. The first-order valence-electron chi connectivity index (χ1n) is 5.99. The molecule has 0 aliphatic rings. The van der Waals surface area contributed by atoms with Crippen molar-refractivity contribution in [2.24, 2.45) is 0 Å². The van der Waals surface area contributed by atoms with Crippen molar-refractivity contribution < 1.29 is 4.74 Å². The number of benzene rings is 2. The highest BCUT2D eigenvalue weighted by Crippen LogP contribution is 2.16. The minimum Gasteiger partial charge on any atom is -0.494 e. The number of nitrogens with one attached hydrogen (secondary N) is 1. The van der Waals surface area contributed by atoms with Crippen LogP contribution in [-0.4, -0.2) is 6.61 Å². The summed E-state index contributed by atoms with van der Waals surface area (Å²) in [4.78, 5) is 0. The van der Waals surface area contributed by atoms with Gasteiger partial charge in [0.25, 0.3) is 0 Å². The number of rotatable bonds is 5. The molecule has 2 aromatic carbocycles. The number of ether oxygens (including phenoxy) is 1. The predicted molar refractivity (Wildman–Crippen MR) is 84.1 cm³/mol. The highest BCUT2D eigenvalue weighted by molar-refractivity contribution is 14.1. The maximum Gasteiger partial charge on any atom is 0.119 e. The van der Waals surface area contributed by atoms with Gasteiger partial charge in [0, 0.05) is 15.8 Å². The molecule has 0 spiro atoms. The van der Waals surface area contributed by atoms with Crippen molar-refractivity contribution in [3.8, 4) is 5.75 Å². The van der Waals surface area contributed by atoms with E-state index in [2.05, 4.69) is 64.3 Å². The van der Waals surface area contributed by atoms with Crippen molar-refractivity contribution in [1.29, 1.82) is 0 Å². The topological polar surface area (TPSA) is 21.3 Å². The van der Waals surface area contributed by atoms with Crippen molar-refractivity contribution in [3.63, 3.8) is 0 Å². The van der Waals surface area contributed by atoms with Gasteiger partial charge >= 0.3 is 0 Å². The van der Waals surface area contributed by atoms with E-state index in [9.17, 15) is 0 Å². The summed E-state index contributed by atoms with van der Waals surface area (Å²) < 4.78 is 6.73. The lowest BCUT2D eigenvalue weighted by Gasteiger charge is -2.08. The molecule has 2 rings (SSSR count). The monoisotopic (exact) mass is 353 g/mol. The first-order chi connectivity index (χ1) is 8.78. The average molecular weight is 353 g/mol. The van der Waals surface area contributed by atoms with E-state index in [1.165, 1.54) is 9.13 Å². The Morgan fingerprint density at radius 3 is 2.61 bits per heavy atom. The molecule has 3 heteroatoms. The van der Waals surface area contributed by atoms with Crippen molar-refractivity contribution in [1.82, 2.24) is 0 Å². The highest BCUT2D eigenvalue weighted by Gasteiger charge is 1.97. The van der Waals surface area contributed by atoms with Crippen LogP contribution < -0.4 is 10.1 Å². The van der Waals surface area contributed by atoms with Gasteiger partial charge < -0.3 is 10.1 Å². The van der Waals surface area contributed by atoms with E-state index in [1.807, 2.05) is 19.1 Å². The second kappa shape index (κ2) is 6.64. The molecule has 0 radical (unpaired) electrons. The largest absolute Gasteiger partial charge is 0.494 e. The standard InChI is InChI=1S/C15H16INO/c1-2-18-15-5-3-4-12(10-15)11-17-14-8-6-13(16)7-9-14/h3-10,17H,2,11H2,1H3. The van der Waals surface area contributed by atoms with E-state index in [0.29, 0.717) is 6.61 Å². The van der Waals surface area contributed by atoms with Gasteiger partial charge in [-0.25, -0.2) is 0 Å². The summed E-state index contributed by atoms with van der Waals surface area (Å²) in [6, 6.07) is 16.6. The Morgan fingerprint density at radius 1 is 1.11 bits per heavy atom. The fourth-order valence-electron chi connectivity index (χ4n) is 1.68. The van der Waals surface area contributed by atoms with E-state index in [0.717, 1.165) is 18.0 Å². The van der Waals surface area contributed by atoms with Gasteiger partial charge in [0.05, 0.1) is 6.61 Å². The van der Waals surface area contributed by atoms with E-state index in [1.54, 1.807) is 0 Å². The lowest BCUT2D eigenvalue weighted by atomic mass is 10.2. The van der Waals surface area contributed by atoms with Crippen LogP contribution in [0, 0.1) is 3.57 Å². The summed E-state index contributed by atoms with van der Waals surface area (Å²) in [5.41, 5.74) is 2.36. The maximum absolute atomic E-state index is 5.49. The van der Waals surface area contributed by atoms with Gasteiger partial charge in [-0.1, -0.05) is 12.1 Å². The van der Waals surface area contributed by atoms with Crippen LogP contribution in [0.2, 0.25) is 0 Å². The minimum absolute atomic E-state index is 0.702. The zero-order valence-electron chi connectivity index (χ0n) is 10.3. The zero-order chi connectivity index (χ0) is 12.8. The molecule has 0 aliphatic heterocycles. The molecule has 0 saturated carbocycles. The van der Waals surface area contributed by atoms with Crippen LogP contribution in [0.4, 0.5) is 5.69 Å². The van der Waals surface area contributed by atoms with Gasteiger partial charge in [-0.3, -0.25) is 0 Å². The third-order valence-corrected chi connectivity index (χ3v) is 3.27. The summed E-state index contributed by atoms with van der Waals surface area (Å²) in [5, 5.41) is 3.40. The Hall–Kier alpha value is -1.23. The Kier molecular flexibility index (Phi) is 4.87. The third kappa shape index (κ3) is 3.91. The fraction of sp³-hybridized carbons (Fsp3) is 0.200. The third-order valence-electron chi connectivity index (χ3n) is 2.55. The lowest BCUT2D eigenvalue weighted by Crippen LogP contribution is -2.00. The SMILES string of the molecule is CCOc1cccc(CNc2ccc(I)cc2)c1. The molecule has 0 aromatic heterocycles. The van der Waals surface area contributed by atoms with E-state index in [4.69, 9.17) is 4.74 Å². The van der Waals surface area contributed by atoms with Crippen LogP contribution in [-0.2, 0) is 6.54 Å². The molecule has 18 heavy (non-hydrogen) atoms. The number of halogens is 1. The summed E-state index contributed by atoms with van der Waals surface area (Å²) in [5.74, 6) is 0.930. The minimum atomic E-state index is 0.702. The Labute approximate surface area is 122 Å². The molecule has 0 aliphatic carbocycles. The van der Waals surface area contributed by atoms with Crippen molar-refractivity contribution in [3.05, 3.63) is 57.7 Å². The number of hydrogen-bond donors (Lipinski definition) is 1. The van der Waals surface area contributed by atoms with Crippen LogP contribution in [0.15, 0.2) is 48.5 Å².